The van der Waals surface area contributed by atoms with Crippen LogP contribution in [-0.2, 0) is 22.7 Å². The highest BCUT2D eigenvalue weighted by Crippen LogP contribution is 2.10. The summed E-state index contributed by atoms with van der Waals surface area (Å²) in [4.78, 5) is 14.0. The molecule has 0 atom stereocenters. The number of ether oxygens (including phenoxy) is 1. The van der Waals surface area contributed by atoms with Crippen molar-refractivity contribution in [2.24, 2.45) is 0 Å². The third-order valence-electron chi connectivity index (χ3n) is 3.86. The van der Waals surface area contributed by atoms with Gasteiger partial charge < -0.3 is 15.0 Å². The van der Waals surface area contributed by atoms with Crippen molar-refractivity contribution in [3.05, 3.63) is 35.4 Å². The van der Waals surface area contributed by atoms with Gasteiger partial charge in [-0.15, -0.1) is 0 Å². The molecule has 1 aliphatic rings. The van der Waals surface area contributed by atoms with E-state index in [1.54, 1.807) is 7.11 Å². The zero-order valence-corrected chi connectivity index (χ0v) is 12.9. The second-order valence-electron chi connectivity index (χ2n) is 5.62. The molecule has 1 fully saturated rings. The maximum Gasteiger partial charge on any atom is 0.223 e. The first kappa shape index (κ1) is 16.0. The van der Waals surface area contributed by atoms with Crippen LogP contribution in [0.3, 0.4) is 0 Å². The van der Waals surface area contributed by atoms with Crippen molar-refractivity contribution in [2.75, 3.05) is 26.7 Å². The minimum Gasteiger partial charge on any atom is -0.380 e. The molecule has 2 rings (SSSR count). The number of carbonyl (C=O) groups is 1. The Hall–Kier alpha value is -1.39. The lowest BCUT2D eigenvalue weighted by atomic mass is 10.1. The molecule has 1 N–H and O–H groups in total. The van der Waals surface area contributed by atoms with E-state index in [0.29, 0.717) is 13.0 Å². The fourth-order valence-corrected chi connectivity index (χ4v) is 2.73. The average molecular weight is 290 g/mol. The topological polar surface area (TPSA) is 41.6 Å². The van der Waals surface area contributed by atoms with Gasteiger partial charge in [-0.1, -0.05) is 24.3 Å². The highest BCUT2D eigenvalue weighted by Gasteiger charge is 2.15. The summed E-state index contributed by atoms with van der Waals surface area (Å²) in [5.74, 6) is 0.287. The Morgan fingerprint density at radius 1 is 1.24 bits per heavy atom. The molecule has 4 nitrogen and oxygen atoms in total. The summed E-state index contributed by atoms with van der Waals surface area (Å²) in [6, 6.07) is 8.35. The zero-order valence-electron chi connectivity index (χ0n) is 12.9. The van der Waals surface area contributed by atoms with Crippen molar-refractivity contribution in [3.8, 4) is 0 Å². The Labute approximate surface area is 127 Å². The van der Waals surface area contributed by atoms with Gasteiger partial charge in [-0.3, -0.25) is 4.79 Å². The van der Waals surface area contributed by atoms with Crippen LogP contribution in [-0.4, -0.2) is 37.6 Å². The van der Waals surface area contributed by atoms with Crippen LogP contribution < -0.4 is 5.32 Å². The van der Waals surface area contributed by atoms with Gasteiger partial charge in [-0.05, 0) is 30.4 Å². The number of hydrogen-bond acceptors (Lipinski definition) is 3. The van der Waals surface area contributed by atoms with Crippen molar-refractivity contribution < 1.29 is 9.53 Å². The number of carbonyl (C=O) groups excluding carboxylic acids is 1. The maximum atomic E-state index is 12.0. The third kappa shape index (κ3) is 5.48. The van der Waals surface area contributed by atoms with E-state index in [1.165, 1.54) is 17.5 Å². The molecule has 4 heteroatoms. The number of piperidine rings is 1. The number of nitrogens with zero attached hydrogens (tertiary/aromatic N) is 1. The Kier molecular flexibility index (Phi) is 6.70. The molecule has 21 heavy (non-hydrogen) atoms. The van der Waals surface area contributed by atoms with E-state index in [2.05, 4.69) is 23.5 Å². The van der Waals surface area contributed by atoms with Gasteiger partial charge in [-0.2, -0.15) is 0 Å². The SMILES string of the molecule is COCc1cccc(CNCCC(=O)N2CCCCC2)c1. The molecule has 0 radical (unpaired) electrons. The Bertz CT molecular complexity index is 442. The maximum absolute atomic E-state index is 12.0. The van der Waals surface area contributed by atoms with E-state index in [9.17, 15) is 4.79 Å². The van der Waals surface area contributed by atoms with Gasteiger partial charge in [0.15, 0.2) is 0 Å². The summed E-state index contributed by atoms with van der Waals surface area (Å²) in [6.45, 7) is 4.06. The van der Waals surface area contributed by atoms with Crippen molar-refractivity contribution in [1.29, 1.82) is 0 Å². The molecule has 1 aliphatic heterocycles. The zero-order chi connectivity index (χ0) is 14.9. The Morgan fingerprint density at radius 2 is 2.00 bits per heavy atom. The van der Waals surface area contributed by atoms with Gasteiger partial charge in [0.25, 0.3) is 0 Å². The molecule has 0 aliphatic carbocycles. The number of nitrogens with one attached hydrogen (secondary N) is 1. The number of methoxy groups -OCH3 is 1. The minimum absolute atomic E-state index is 0.287. The van der Waals surface area contributed by atoms with Crippen molar-refractivity contribution >= 4 is 5.91 Å². The van der Waals surface area contributed by atoms with E-state index in [1.807, 2.05) is 11.0 Å². The van der Waals surface area contributed by atoms with Crippen molar-refractivity contribution in [1.82, 2.24) is 10.2 Å². The molecule has 0 aromatic heterocycles. The van der Waals surface area contributed by atoms with Crippen molar-refractivity contribution in [2.45, 2.75) is 38.8 Å². The van der Waals surface area contributed by atoms with Gasteiger partial charge >= 0.3 is 0 Å². The molecule has 0 spiro atoms. The van der Waals surface area contributed by atoms with E-state index in [-0.39, 0.29) is 5.91 Å². The minimum atomic E-state index is 0.287. The lowest BCUT2D eigenvalue weighted by Crippen LogP contribution is -2.37. The van der Waals surface area contributed by atoms with Crippen LogP contribution in [0.5, 0.6) is 0 Å². The predicted molar refractivity (Wildman–Crippen MR) is 83.9 cm³/mol. The average Bonchev–Trinajstić information content (AvgIpc) is 2.53. The summed E-state index contributed by atoms with van der Waals surface area (Å²) in [6.07, 6.45) is 4.18. The van der Waals surface area contributed by atoms with Gasteiger partial charge in [0.2, 0.25) is 5.91 Å². The highest BCUT2D eigenvalue weighted by molar-refractivity contribution is 5.76. The summed E-state index contributed by atoms with van der Waals surface area (Å²) < 4.78 is 5.14. The van der Waals surface area contributed by atoms with Gasteiger partial charge in [-0.25, -0.2) is 0 Å². The molecule has 0 bridgehead atoms. The Balaban J connectivity index is 1.67. The summed E-state index contributed by atoms with van der Waals surface area (Å²) in [5, 5.41) is 3.35. The third-order valence-corrected chi connectivity index (χ3v) is 3.86. The summed E-state index contributed by atoms with van der Waals surface area (Å²) in [5.41, 5.74) is 2.41. The fourth-order valence-electron chi connectivity index (χ4n) is 2.73. The van der Waals surface area contributed by atoms with Crippen LogP contribution in [0, 0.1) is 0 Å². The van der Waals surface area contributed by atoms with Crippen LogP contribution in [0.25, 0.3) is 0 Å². The normalized spacial score (nSPS) is 15.2. The van der Waals surface area contributed by atoms with E-state index in [0.717, 1.165) is 39.0 Å². The van der Waals surface area contributed by atoms with Crippen LogP contribution in [0.15, 0.2) is 24.3 Å². The van der Waals surface area contributed by atoms with Gasteiger partial charge in [0.05, 0.1) is 6.61 Å². The molecule has 0 unspecified atom stereocenters. The van der Waals surface area contributed by atoms with E-state index >= 15 is 0 Å². The molecule has 1 heterocycles. The van der Waals surface area contributed by atoms with Crippen LogP contribution in [0.1, 0.15) is 36.8 Å². The lowest BCUT2D eigenvalue weighted by molar-refractivity contribution is -0.131. The number of rotatable bonds is 7. The lowest BCUT2D eigenvalue weighted by Gasteiger charge is -2.26. The number of amides is 1. The van der Waals surface area contributed by atoms with E-state index < -0.39 is 0 Å². The highest BCUT2D eigenvalue weighted by atomic mass is 16.5. The second-order valence-corrected chi connectivity index (χ2v) is 5.62. The quantitative estimate of drug-likeness (QED) is 0.784. The first-order valence-electron chi connectivity index (χ1n) is 7.85. The summed E-state index contributed by atoms with van der Waals surface area (Å²) in [7, 11) is 1.71. The molecular formula is C17H26N2O2. The monoisotopic (exact) mass is 290 g/mol. The van der Waals surface area contributed by atoms with Crippen LogP contribution >= 0.6 is 0 Å². The standard InChI is InChI=1S/C17H26N2O2/c1-21-14-16-7-5-6-15(12-16)13-18-9-8-17(20)19-10-3-2-4-11-19/h5-7,12,18H,2-4,8-11,13-14H2,1H3. The largest absolute Gasteiger partial charge is 0.380 e. The smallest absolute Gasteiger partial charge is 0.223 e. The Morgan fingerprint density at radius 3 is 2.76 bits per heavy atom. The first-order valence-corrected chi connectivity index (χ1v) is 7.85. The molecular weight excluding hydrogens is 264 g/mol. The molecule has 1 amide bonds. The summed E-state index contributed by atoms with van der Waals surface area (Å²) >= 11 is 0. The van der Waals surface area contributed by atoms with Gasteiger partial charge in [0.1, 0.15) is 0 Å². The first-order chi connectivity index (χ1) is 10.3. The molecule has 1 aromatic rings. The predicted octanol–water partition coefficient (Wildman–Crippen LogP) is 2.33. The van der Waals surface area contributed by atoms with E-state index in [4.69, 9.17) is 4.74 Å². The van der Waals surface area contributed by atoms with Crippen molar-refractivity contribution in [3.63, 3.8) is 0 Å². The second kappa shape index (κ2) is 8.80. The number of hydrogen-bond donors (Lipinski definition) is 1. The molecule has 1 aromatic carbocycles. The van der Waals surface area contributed by atoms with Crippen LogP contribution in [0.4, 0.5) is 0 Å². The molecule has 1 saturated heterocycles. The molecule has 0 saturated carbocycles. The van der Waals surface area contributed by atoms with Gasteiger partial charge in [0, 0.05) is 39.7 Å². The fraction of sp³-hybridized carbons (Fsp3) is 0.588. The van der Waals surface area contributed by atoms with Crippen LogP contribution in [0.2, 0.25) is 0 Å². The number of benzene rings is 1. The molecule has 116 valence electrons. The number of likely N-dealkylation sites (tertiary alicyclic amines) is 1.